The monoisotopic (exact) mass is 276 g/mol. The number of nitrogens with one attached hydrogen (secondary N) is 1. The van der Waals surface area contributed by atoms with Crippen molar-refractivity contribution >= 4 is 5.91 Å². The number of hydrogen-bond donors (Lipinski definition) is 2. The number of nitrogens with two attached hydrogens (primary N) is 1. The van der Waals surface area contributed by atoms with Crippen LogP contribution in [0.15, 0.2) is 24.3 Å². The number of halogens is 1. The van der Waals surface area contributed by atoms with Gasteiger partial charge in [-0.05, 0) is 49.1 Å². The molecule has 0 radical (unpaired) electrons. The second-order valence-corrected chi connectivity index (χ2v) is 6.07. The summed E-state index contributed by atoms with van der Waals surface area (Å²) in [7, 11) is 0. The minimum atomic E-state index is -0.210. The van der Waals surface area contributed by atoms with Gasteiger partial charge in [0, 0.05) is 12.6 Å². The molecule has 0 saturated heterocycles. The normalized spacial score (nSPS) is 31.5. The smallest absolute Gasteiger partial charge is 0.224 e. The van der Waals surface area contributed by atoms with E-state index < -0.39 is 0 Å². The largest absolute Gasteiger partial charge is 0.355 e. The Bertz CT molecular complexity index is 503. The Morgan fingerprint density at radius 3 is 2.75 bits per heavy atom. The lowest BCUT2D eigenvalue weighted by Gasteiger charge is -2.27. The molecular formula is C16H21FN2O. The van der Waals surface area contributed by atoms with E-state index in [9.17, 15) is 9.18 Å². The van der Waals surface area contributed by atoms with Gasteiger partial charge in [-0.25, -0.2) is 4.39 Å². The van der Waals surface area contributed by atoms with Crippen molar-refractivity contribution in [2.45, 2.75) is 31.7 Å². The summed E-state index contributed by atoms with van der Waals surface area (Å²) in [4.78, 5) is 12.2. The predicted octanol–water partition coefficient (Wildman–Crippen LogP) is 1.86. The fraction of sp³-hybridized carbons (Fsp3) is 0.562. The van der Waals surface area contributed by atoms with E-state index in [0.29, 0.717) is 30.4 Å². The number of carbonyl (C=O) groups excluding carboxylic acids is 1. The second kappa shape index (κ2) is 5.52. The Labute approximate surface area is 118 Å². The molecule has 1 aromatic rings. The van der Waals surface area contributed by atoms with Gasteiger partial charge in [0.15, 0.2) is 0 Å². The van der Waals surface area contributed by atoms with E-state index in [1.54, 1.807) is 12.1 Å². The third-order valence-electron chi connectivity index (χ3n) is 4.93. The highest BCUT2D eigenvalue weighted by Gasteiger charge is 2.48. The quantitative estimate of drug-likeness (QED) is 0.882. The SMILES string of the molecule is NC1C2CCC(C2)C1C(=O)NCCc1ccccc1F. The standard InChI is InChI=1S/C16H21FN2O/c17-13-4-2-1-3-10(13)7-8-19-16(20)14-11-5-6-12(9-11)15(14)18/h1-4,11-12,14-15H,5-9,18H2,(H,19,20). The number of hydrogen-bond acceptors (Lipinski definition) is 2. The Balaban J connectivity index is 1.52. The Morgan fingerprint density at radius 1 is 1.30 bits per heavy atom. The van der Waals surface area contributed by atoms with Crippen LogP contribution in [-0.2, 0) is 11.2 Å². The molecule has 2 fully saturated rings. The number of fused-ring (bicyclic) bond motifs is 2. The minimum absolute atomic E-state index is 0.0159. The van der Waals surface area contributed by atoms with Crippen LogP contribution in [-0.4, -0.2) is 18.5 Å². The predicted molar refractivity (Wildman–Crippen MR) is 75.4 cm³/mol. The molecule has 1 amide bonds. The van der Waals surface area contributed by atoms with Gasteiger partial charge in [0.2, 0.25) is 5.91 Å². The zero-order valence-electron chi connectivity index (χ0n) is 11.5. The molecule has 0 aliphatic heterocycles. The van der Waals surface area contributed by atoms with Crippen molar-refractivity contribution in [1.29, 1.82) is 0 Å². The third-order valence-corrected chi connectivity index (χ3v) is 4.93. The first kappa shape index (κ1) is 13.6. The highest BCUT2D eigenvalue weighted by atomic mass is 19.1. The fourth-order valence-corrected chi connectivity index (χ4v) is 3.86. The molecule has 2 bridgehead atoms. The molecule has 2 aliphatic rings. The van der Waals surface area contributed by atoms with Crippen LogP contribution < -0.4 is 11.1 Å². The summed E-state index contributed by atoms with van der Waals surface area (Å²) in [5, 5.41) is 2.93. The van der Waals surface area contributed by atoms with Gasteiger partial charge in [-0.15, -0.1) is 0 Å². The van der Waals surface area contributed by atoms with Gasteiger partial charge in [-0.3, -0.25) is 4.79 Å². The Hall–Kier alpha value is -1.42. The first-order chi connectivity index (χ1) is 9.66. The van der Waals surface area contributed by atoms with Crippen molar-refractivity contribution in [1.82, 2.24) is 5.32 Å². The van der Waals surface area contributed by atoms with Gasteiger partial charge in [0.1, 0.15) is 5.82 Å². The van der Waals surface area contributed by atoms with E-state index in [2.05, 4.69) is 5.32 Å². The van der Waals surface area contributed by atoms with E-state index in [0.717, 1.165) is 12.8 Å². The summed E-state index contributed by atoms with van der Waals surface area (Å²) in [5.74, 6) is 0.805. The second-order valence-electron chi connectivity index (χ2n) is 6.07. The maximum atomic E-state index is 13.5. The highest BCUT2D eigenvalue weighted by molar-refractivity contribution is 5.80. The van der Waals surface area contributed by atoms with E-state index in [4.69, 9.17) is 5.73 Å². The van der Waals surface area contributed by atoms with Crippen molar-refractivity contribution in [3.8, 4) is 0 Å². The van der Waals surface area contributed by atoms with Gasteiger partial charge in [0.05, 0.1) is 5.92 Å². The molecule has 2 aliphatic carbocycles. The average molecular weight is 276 g/mol. The lowest BCUT2D eigenvalue weighted by Crippen LogP contribution is -2.45. The molecule has 0 aromatic heterocycles. The third kappa shape index (κ3) is 2.44. The fourth-order valence-electron chi connectivity index (χ4n) is 3.86. The molecule has 4 unspecified atom stereocenters. The van der Waals surface area contributed by atoms with Gasteiger partial charge in [-0.2, -0.15) is 0 Å². The van der Waals surface area contributed by atoms with Crippen LogP contribution in [0.4, 0.5) is 4.39 Å². The maximum Gasteiger partial charge on any atom is 0.224 e. The number of amides is 1. The van der Waals surface area contributed by atoms with Crippen LogP contribution >= 0.6 is 0 Å². The van der Waals surface area contributed by atoms with E-state index in [1.807, 2.05) is 6.07 Å². The molecule has 4 heteroatoms. The maximum absolute atomic E-state index is 13.5. The summed E-state index contributed by atoms with van der Waals surface area (Å²) in [6.07, 6.45) is 3.93. The van der Waals surface area contributed by atoms with E-state index >= 15 is 0 Å². The molecule has 1 aromatic carbocycles. The van der Waals surface area contributed by atoms with Crippen LogP contribution in [0.2, 0.25) is 0 Å². The molecule has 3 rings (SSSR count). The summed E-state index contributed by atoms with van der Waals surface area (Å²) < 4.78 is 13.5. The van der Waals surface area contributed by atoms with Crippen LogP contribution in [0.25, 0.3) is 0 Å². The Morgan fingerprint density at radius 2 is 2.05 bits per heavy atom. The Kier molecular flexibility index (Phi) is 3.74. The molecule has 108 valence electrons. The van der Waals surface area contributed by atoms with Crippen LogP contribution in [0.1, 0.15) is 24.8 Å². The van der Waals surface area contributed by atoms with Crippen LogP contribution in [0.5, 0.6) is 0 Å². The number of carbonyl (C=O) groups is 1. The first-order valence-corrected chi connectivity index (χ1v) is 7.43. The molecule has 0 spiro atoms. The number of rotatable bonds is 4. The lowest BCUT2D eigenvalue weighted by molar-refractivity contribution is -0.127. The molecule has 3 nitrogen and oxygen atoms in total. The van der Waals surface area contributed by atoms with Crippen molar-refractivity contribution in [3.63, 3.8) is 0 Å². The van der Waals surface area contributed by atoms with Gasteiger partial charge >= 0.3 is 0 Å². The molecular weight excluding hydrogens is 255 g/mol. The molecule has 4 atom stereocenters. The van der Waals surface area contributed by atoms with Crippen molar-refractivity contribution in [2.24, 2.45) is 23.5 Å². The van der Waals surface area contributed by atoms with E-state index in [-0.39, 0.29) is 23.7 Å². The molecule has 2 saturated carbocycles. The minimum Gasteiger partial charge on any atom is -0.355 e. The zero-order valence-corrected chi connectivity index (χ0v) is 11.5. The molecule has 20 heavy (non-hydrogen) atoms. The number of benzene rings is 1. The summed E-state index contributed by atoms with van der Waals surface area (Å²) in [5.41, 5.74) is 6.79. The zero-order chi connectivity index (χ0) is 14.1. The van der Waals surface area contributed by atoms with Crippen molar-refractivity contribution < 1.29 is 9.18 Å². The average Bonchev–Trinajstić information content (AvgIpc) is 3.01. The summed E-state index contributed by atoms with van der Waals surface area (Å²) in [6, 6.07) is 6.70. The van der Waals surface area contributed by atoms with Crippen molar-refractivity contribution in [2.75, 3.05) is 6.54 Å². The summed E-state index contributed by atoms with van der Waals surface area (Å²) >= 11 is 0. The highest BCUT2D eigenvalue weighted by Crippen LogP contribution is 2.47. The molecule has 0 heterocycles. The first-order valence-electron chi connectivity index (χ1n) is 7.43. The van der Waals surface area contributed by atoms with Gasteiger partial charge < -0.3 is 11.1 Å². The van der Waals surface area contributed by atoms with Gasteiger partial charge in [-0.1, -0.05) is 18.2 Å². The van der Waals surface area contributed by atoms with E-state index in [1.165, 1.54) is 12.5 Å². The van der Waals surface area contributed by atoms with Gasteiger partial charge in [0.25, 0.3) is 0 Å². The van der Waals surface area contributed by atoms with Crippen molar-refractivity contribution in [3.05, 3.63) is 35.6 Å². The molecule has 3 N–H and O–H groups in total. The van der Waals surface area contributed by atoms with Crippen LogP contribution in [0, 0.1) is 23.6 Å². The summed E-state index contributed by atoms with van der Waals surface area (Å²) in [6.45, 7) is 0.473. The topological polar surface area (TPSA) is 55.1 Å². The lowest BCUT2D eigenvalue weighted by atomic mass is 9.84. The van der Waals surface area contributed by atoms with Crippen LogP contribution in [0.3, 0.4) is 0 Å².